The molecule has 2 fully saturated rings. The highest BCUT2D eigenvalue weighted by Gasteiger charge is 2.49. The number of aryl methyl sites for hydroxylation is 1. The molecule has 152 valence electrons. The van der Waals surface area contributed by atoms with E-state index in [-0.39, 0.29) is 5.91 Å². The number of fused-ring (bicyclic) bond motifs is 2. The van der Waals surface area contributed by atoms with E-state index in [0.717, 1.165) is 70.2 Å². The van der Waals surface area contributed by atoms with Gasteiger partial charge in [0.15, 0.2) is 0 Å². The van der Waals surface area contributed by atoms with Crippen LogP contribution >= 0.6 is 0 Å². The van der Waals surface area contributed by atoms with Gasteiger partial charge in [0.2, 0.25) is 5.91 Å². The Morgan fingerprint density at radius 1 is 1.10 bits per heavy atom. The van der Waals surface area contributed by atoms with Crippen molar-refractivity contribution in [3.05, 3.63) is 53.2 Å². The fraction of sp³-hybridized carbons (Fsp3) is 0.478. The molecule has 3 aliphatic heterocycles. The fourth-order valence-corrected chi connectivity index (χ4v) is 4.82. The Labute approximate surface area is 171 Å². The number of hydrogen-bond acceptors (Lipinski definition) is 5. The Hall–Kier alpha value is -2.44. The number of amides is 1. The van der Waals surface area contributed by atoms with Gasteiger partial charge in [-0.05, 0) is 43.5 Å². The molecule has 0 aliphatic carbocycles. The van der Waals surface area contributed by atoms with Crippen molar-refractivity contribution in [3.63, 3.8) is 0 Å². The number of rotatable bonds is 3. The lowest BCUT2D eigenvalue weighted by molar-refractivity contribution is -0.121. The first-order valence-electron chi connectivity index (χ1n) is 10.6. The Balaban J connectivity index is 1.35. The number of carbonyl (C=O) groups excluding carboxylic acids is 1. The van der Waals surface area contributed by atoms with Gasteiger partial charge in [0.05, 0.1) is 18.6 Å². The Kier molecular flexibility index (Phi) is 4.76. The number of nitrogens with zero attached hydrogens (tertiary/aromatic N) is 3. The molecule has 4 heterocycles. The maximum absolute atomic E-state index is 13.0. The number of ether oxygens (including phenoxy) is 1. The SMILES string of the molecule is Cc1ccc(N2CCC3(CC2)C(=O)Nc2ncc(CN4CCOCC4)cc23)cc1. The molecular weight excluding hydrogens is 364 g/mol. The summed E-state index contributed by atoms with van der Waals surface area (Å²) in [4.78, 5) is 22.4. The number of morpholine rings is 1. The Bertz CT molecular complexity index is 898. The van der Waals surface area contributed by atoms with Crippen LogP contribution in [-0.4, -0.2) is 55.2 Å². The van der Waals surface area contributed by atoms with Crippen LogP contribution < -0.4 is 10.2 Å². The summed E-state index contributed by atoms with van der Waals surface area (Å²) in [5.74, 6) is 0.872. The molecule has 1 aromatic heterocycles. The highest BCUT2D eigenvalue weighted by Crippen LogP contribution is 2.45. The van der Waals surface area contributed by atoms with Crippen LogP contribution in [-0.2, 0) is 21.5 Å². The summed E-state index contributed by atoms with van der Waals surface area (Å²) in [5.41, 5.74) is 4.35. The van der Waals surface area contributed by atoms with Crippen molar-refractivity contribution in [3.8, 4) is 0 Å². The van der Waals surface area contributed by atoms with E-state index in [1.807, 2.05) is 6.20 Å². The summed E-state index contributed by atoms with van der Waals surface area (Å²) in [5, 5.41) is 3.05. The molecule has 2 aromatic rings. The minimum absolute atomic E-state index is 0.118. The molecule has 0 bridgehead atoms. The molecule has 2 saturated heterocycles. The van der Waals surface area contributed by atoms with Gasteiger partial charge in [-0.2, -0.15) is 0 Å². The quantitative estimate of drug-likeness (QED) is 0.870. The number of pyridine rings is 1. The normalized spacial score (nSPS) is 21.3. The molecule has 29 heavy (non-hydrogen) atoms. The highest BCUT2D eigenvalue weighted by molar-refractivity contribution is 6.05. The van der Waals surface area contributed by atoms with Gasteiger partial charge in [0.25, 0.3) is 0 Å². The van der Waals surface area contributed by atoms with E-state index in [0.29, 0.717) is 0 Å². The summed E-state index contributed by atoms with van der Waals surface area (Å²) < 4.78 is 5.45. The topological polar surface area (TPSA) is 57.7 Å². The number of carbonyl (C=O) groups is 1. The Morgan fingerprint density at radius 3 is 2.55 bits per heavy atom. The molecule has 0 atom stereocenters. The summed E-state index contributed by atoms with van der Waals surface area (Å²) in [6.07, 6.45) is 3.56. The minimum atomic E-state index is -0.440. The zero-order valence-corrected chi connectivity index (χ0v) is 17.0. The van der Waals surface area contributed by atoms with Gasteiger partial charge in [0.1, 0.15) is 5.82 Å². The van der Waals surface area contributed by atoms with Crippen LogP contribution in [0.3, 0.4) is 0 Å². The maximum Gasteiger partial charge on any atom is 0.236 e. The van der Waals surface area contributed by atoms with Gasteiger partial charge in [-0.3, -0.25) is 9.69 Å². The van der Waals surface area contributed by atoms with Gasteiger partial charge in [-0.25, -0.2) is 4.98 Å². The van der Waals surface area contributed by atoms with Crippen molar-refractivity contribution < 1.29 is 9.53 Å². The standard InChI is InChI=1S/C23H28N4O2/c1-17-2-4-19(5-3-17)27-8-6-23(7-9-27)20-14-18(15-24-21(20)25-22(23)28)16-26-10-12-29-13-11-26/h2-5,14-15H,6-13,16H2,1H3,(H,24,25,28). The molecule has 1 spiro atoms. The van der Waals surface area contributed by atoms with Gasteiger partial charge in [0, 0.05) is 50.2 Å². The van der Waals surface area contributed by atoms with E-state index in [9.17, 15) is 4.79 Å². The lowest BCUT2D eigenvalue weighted by atomic mass is 9.73. The van der Waals surface area contributed by atoms with Crippen molar-refractivity contribution in [2.45, 2.75) is 31.7 Å². The Morgan fingerprint density at radius 2 is 1.83 bits per heavy atom. The monoisotopic (exact) mass is 392 g/mol. The number of piperidine rings is 1. The average molecular weight is 393 g/mol. The van der Waals surface area contributed by atoms with Crippen molar-refractivity contribution in [1.29, 1.82) is 0 Å². The highest BCUT2D eigenvalue weighted by atomic mass is 16.5. The van der Waals surface area contributed by atoms with Crippen molar-refractivity contribution in [2.75, 3.05) is 49.6 Å². The fourth-order valence-electron chi connectivity index (χ4n) is 4.82. The molecule has 0 saturated carbocycles. The minimum Gasteiger partial charge on any atom is -0.379 e. The van der Waals surface area contributed by atoms with E-state index in [4.69, 9.17) is 4.74 Å². The molecule has 1 N–H and O–H groups in total. The summed E-state index contributed by atoms with van der Waals surface area (Å²) >= 11 is 0. The molecule has 1 amide bonds. The number of anilines is 2. The second-order valence-electron chi connectivity index (χ2n) is 8.49. The molecule has 0 radical (unpaired) electrons. The van der Waals surface area contributed by atoms with E-state index < -0.39 is 5.41 Å². The second kappa shape index (κ2) is 7.43. The lowest BCUT2D eigenvalue weighted by Gasteiger charge is -2.39. The van der Waals surface area contributed by atoms with E-state index in [1.54, 1.807) is 0 Å². The third-order valence-corrected chi connectivity index (χ3v) is 6.65. The predicted octanol–water partition coefficient (Wildman–Crippen LogP) is 2.71. The lowest BCUT2D eigenvalue weighted by Crippen LogP contribution is -2.46. The van der Waals surface area contributed by atoms with Gasteiger partial charge < -0.3 is 15.0 Å². The van der Waals surface area contributed by atoms with Crippen LogP contribution in [0.5, 0.6) is 0 Å². The van der Waals surface area contributed by atoms with Gasteiger partial charge >= 0.3 is 0 Å². The molecule has 6 nitrogen and oxygen atoms in total. The summed E-state index contributed by atoms with van der Waals surface area (Å²) in [6.45, 7) is 8.21. The second-order valence-corrected chi connectivity index (χ2v) is 8.49. The first-order chi connectivity index (χ1) is 14.1. The van der Waals surface area contributed by atoms with Crippen LogP contribution in [0, 0.1) is 6.92 Å². The number of aromatic nitrogens is 1. The number of nitrogens with one attached hydrogen (secondary N) is 1. The largest absolute Gasteiger partial charge is 0.379 e. The zero-order valence-electron chi connectivity index (χ0n) is 17.0. The van der Waals surface area contributed by atoms with Crippen molar-refractivity contribution in [2.24, 2.45) is 0 Å². The smallest absolute Gasteiger partial charge is 0.236 e. The molecule has 3 aliphatic rings. The average Bonchev–Trinajstić information content (AvgIpc) is 3.01. The molecule has 0 unspecified atom stereocenters. The molecule has 5 rings (SSSR count). The van der Waals surface area contributed by atoms with Gasteiger partial charge in [-0.15, -0.1) is 0 Å². The third-order valence-electron chi connectivity index (χ3n) is 6.65. The van der Waals surface area contributed by atoms with Crippen molar-refractivity contribution in [1.82, 2.24) is 9.88 Å². The van der Waals surface area contributed by atoms with Crippen LogP contribution in [0.1, 0.15) is 29.5 Å². The number of hydrogen-bond donors (Lipinski definition) is 1. The van der Waals surface area contributed by atoms with Crippen LogP contribution in [0.4, 0.5) is 11.5 Å². The first kappa shape index (κ1) is 18.6. The van der Waals surface area contributed by atoms with Crippen molar-refractivity contribution >= 4 is 17.4 Å². The zero-order chi connectivity index (χ0) is 19.8. The predicted molar refractivity (Wildman–Crippen MR) is 113 cm³/mol. The van der Waals surface area contributed by atoms with Gasteiger partial charge in [-0.1, -0.05) is 17.7 Å². The van der Waals surface area contributed by atoms with Crippen LogP contribution in [0.15, 0.2) is 36.5 Å². The van der Waals surface area contributed by atoms with Crippen LogP contribution in [0.2, 0.25) is 0 Å². The molecule has 6 heteroatoms. The molecular formula is C23H28N4O2. The maximum atomic E-state index is 13.0. The summed E-state index contributed by atoms with van der Waals surface area (Å²) in [6, 6.07) is 10.9. The summed E-state index contributed by atoms with van der Waals surface area (Å²) in [7, 11) is 0. The molecule has 1 aromatic carbocycles. The first-order valence-corrected chi connectivity index (χ1v) is 10.6. The third kappa shape index (κ3) is 3.40. The van der Waals surface area contributed by atoms with E-state index in [1.165, 1.54) is 16.8 Å². The van der Waals surface area contributed by atoms with E-state index >= 15 is 0 Å². The van der Waals surface area contributed by atoms with Crippen LogP contribution in [0.25, 0.3) is 0 Å². The van der Waals surface area contributed by atoms with E-state index in [2.05, 4.69) is 57.4 Å². The number of benzene rings is 1.